The van der Waals surface area contributed by atoms with Crippen LogP contribution in [0.2, 0.25) is 0 Å². The van der Waals surface area contributed by atoms with Crippen LogP contribution in [0, 0.1) is 22.7 Å². The van der Waals surface area contributed by atoms with Crippen LogP contribution in [0.5, 0.6) is 0 Å². The molecule has 4 aromatic heterocycles. The zero-order valence-electron chi connectivity index (χ0n) is 29.5. The van der Waals surface area contributed by atoms with Crippen LogP contribution in [-0.4, -0.2) is 19.9 Å². The third-order valence-electron chi connectivity index (χ3n) is 13.9. The van der Waals surface area contributed by atoms with E-state index in [1.54, 1.807) is 0 Å². The van der Waals surface area contributed by atoms with Crippen LogP contribution in [0.3, 0.4) is 0 Å². The highest BCUT2D eigenvalue weighted by Gasteiger charge is 2.58. The quantitative estimate of drug-likeness (QED) is 0.180. The van der Waals surface area contributed by atoms with Gasteiger partial charge < -0.3 is 0 Å². The first kappa shape index (κ1) is 30.2. The first-order chi connectivity index (χ1) is 24.3. The molecule has 6 atom stereocenters. The summed E-state index contributed by atoms with van der Waals surface area (Å²) in [5.74, 6) is 3.50. The zero-order chi connectivity index (χ0) is 33.8. The smallest absolute Gasteiger partial charge is 0.0889 e. The average molecular weight is 653 g/mol. The van der Waals surface area contributed by atoms with Gasteiger partial charge in [-0.15, -0.1) is 0 Å². The van der Waals surface area contributed by atoms with Crippen molar-refractivity contribution in [3.8, 4) is 22.8 Å². The molecule has 4 heteroatoms. The van der Waals surface area contributed by atoms with Gasteiger partial charge in [-0.3, -0.25) is 19.9 Å². The van der Waals surface area contributed by atoms with Gasteiger partial charge in [0.1, 0.15) is 0 Å². The van der Waals surface area contributed by atoms with Crippen molar-refractivity contribution in [2.24, 2.45) is 22.7 Å². The van der Waals surface area contributed by atoms with Crippen molar-refractivity contribution in [3.05, 3.63) is 143 Å². The van der Waals surface area contributed by atoms with Crippen molar-refractivity contribution in [1.82, 2.24) is 19.9 Å². The topological polar surface area (TPSA) is 51.6 Å². The van der Waals surface area contributed by atoms with Crippen LogP contribution in [0.1, 0.15) is 97.6 Å². The van der Waals surface area contributed by atoms with Gasteiger partial charge in [0.05, 0.1) is 22.8 Å². The fourth-order valence-corrected chi connectivity index (χ4v) is 10.9. The average Bonchev–Trinajstić information content (AvgIpc) is 3.14. The highest BCUT2D eigenvalue weighted by molar-refractivity contribution is 5.84. The van der Waals surface area contributed by atoms with E-state index in [1.807, 2.05) is 24.5 Å². The molecule has 0 amide bonds. The fraction of sp³-hybridized carbons (Fsp3) is 0.348. The van der Waals surface area contributed by atoms with Gasteiger partial charge in [-0.25, -0.2) is 0 Å². The van der Waals surface area contributed by atoms with E-state index in [2.05, 4.69) is 123 Å². The van der Waals surface area contributed by atoms with Crippen molar-refractivity contribution in [2.75, 3.05) is 0 Å². The summed E-state index contributed by atoms with van der Waals surface area (Å²) in [5.41, 5.74) is 13.3. The Hall–Kier alpha value is -4.70. The van der Waals surface area contributed by atoms with E-state index < -0.39 is 0 Å². The van der Waals surface area contributed by atoms with Crippen molar-refractivity contribution in [1.29, 1.82) is 0 Å². The first-order valence-electron chi connectivity index (χ1n) is 18.6. The largest absolute Gasteiger partial charge is 0.255 e. The molecule has 0 saturated heterocycles. The van der Waals surface area contributed by atoms with Gasteiger partial charge in [-0.2, -0.15) is 0 Å². The Kier molecular flexibility index (Phi) is 6.57. The number of fused-ring (bicyclic) bond motifs is 1. The van der Waals surface area contributed by atoms with Crippen molar-refractivity contribution in [3.63, 3.8) is 0 Å². The van der Waals surface area contributed by atoms with E-state index in [4.69, 9.17) is 9.97 Å². The number of hydrogen-bond acceptors (Lipinski definition) is 4. The lowest BCUT2D eigenvalue weighted by Crippen LogP contribution is -2.50. The summed E-state index contributed by atoms with van der Waals surface area (Å²) >= 11 is 0. The molecule has 0 N–H and O–H groups in total. The summed E-state index contributed by atoms with van der Waals surface area (Å²) in [6.45, 7) is 9.91. The maximum absolute atomic E-state index is 4.93. The predicted octanol–water partition coefficient (Wildman–Crippen LogP) is 10.7. The van der Waals surface area contributed by atoms with Gasteiger partial charge in [0, 0.05) is 24.8 Å². The predicted molar refractivity (Wildman–Crippen MR) is 201 cm³/mol. The molecule has 0 aliphatic heterocycles. The van der Waals surface area contributed by atoms with Crippen LogP contribution >= 0.6 is 0 Å². The summed E-state index contributed by atoms with van der Waals surface area (Å²) in [4.78, 5) is 19.1. The van der Waals surface area contributed by atoms with Crippen molar-refractivity contribution < 1.29 is 0 Å². The minimum Gasteiger partial charge on any atom is -0.255 e. The van der Waals surface area contributed by atoms with Gasteiger partial charge in [-0.1, -0.05) is 76.2 Å². The summed E-state index contributed by atoms with van der Waals surface area (Å²) in [6.07, 6.45) is 12.7. The molecule has 2 fully saturated rings. The Morgan fingerprint density at radius 2 is 0.980 bits per heavy atom. The van der Waals surface area contributed by atoms with E-state index in [0.29, 0.717) is 46.3 Å². The Bertz CT molecular complexity index is 2120. The monoisotopic (exact) mass is 652 g/mol. The first-order valence-corrected chi connectivity index (χ1v) is 18.6. The molecule has 6 aromatic rings. The highest BCUT2D eigenvalue weighted by atomic mass is 14.8. The molecule has 0 unspecified atom stereocenters. The Labute approximate surface area is 295 Å². The SMILES string of the molecule is CC1(C)[C@@H]2C[C@H]1c1cnc(-c3ccccn3)cc1[C@H]2Cc1ccc2ccc(C[C@@H]3c4cc(-c5ccccn5)ncc4[C@@H]4C[C@H]3C4(C)C)cc2c1. The second kappa shape index (κ2) is 10.9. The van der Waals surface area contributed by atoms with E-state index in [1.165, 1.54) is 57.0 Å². The normalized spacial score (nSPS) is 26.3. The second-order valence-corrected chi connectivity index (χ2v) is 16.9. The molecule has 0 spiro atoms. The lowest BCUT2D eigenvalue weighted by molar-refractivity contribution is -0.00582. The molecule has 0 radical (unpaired) electrons. The molecular weight excluding hydrogens is 609 g/mol. The zero-order valence-corrected chi connectivity index (χ0v) is 29.5. The number of nitrogens with zero attached hydrogens (tertiary/aromatic N) is 4. The Morgan fingerprint density at radius 3 is 1.40 bits per heavy atom. The molecular formula is C46H44N4. The molecule has 2 aromatic carbocycles. The molecule has 248 valence electrons. The summed E-state index contributed by atoms with van der Waals surface area (Å²) in [6, 6.07) is 31.3. The third kappa shape index (κ3) is 4.49. The third-order valence-corrected chi connectivity index (χ3v) is 13.9. The molecule has 6 aliphatic carbocycles. The van der Waals surface area contributed by atoms with Gasteiger partial charge in [0.25, 0.3) is 0 Å². The lowest BCUT2D eigenvalue weighted by Gasteiger charge is -2.60. The van der Waals surface area contributed by atoms with Crippen molar-refractivity contribution >= 4 is 10.8 Å². The van der Waals surface area contributed by atoms with Crippen LogP contribution in [0.4, 0.5) is 0 Å². The maximum atomic E-state index is 4.93. The fourth-order valence-electron chi connectivity index (χ4n) is 10.9. The number of hydrogen-bond donors (Lipinski definition) is 0. The molecule has 12 rings (SSSR count). The summed E-state index contributed by atoms with van der Waals surface area (Å²) in [5, 5.41) is 2.68. The number of pyridine rings is 4. The van der Waals surface area contributed by atoms with Gasteiger partial charge in [0.15, 0.2) is 0 Å². The summed E-state index contributed by atoms with van der Waals surface area (Å²) < 4.78 is 0. The molecule has 4 nitrogen and oxygen atoms in total. The molecule has 2 saturated carbocycles. The van der Waals surface area contributed by atoms with E-state index in [-0.39, 0.29) is 0 Å². The molecule has 4 bridgehead atoms. The minimum atomic E-state index is 0.298. The van der Waals surface area contributed by atoms with Gasteiger partial charge >= 0.3 is 0 Å². The maximum Gasteiger partial charge on any atom is 0.0889 e. The number of rotatable bonds is 6. The molecule has 50 heavy (non-hydrogen) atoms. The lowest BCUT2D eigenvalue weighted by atomic mass is 9.44. The van der Waals surface area contributed by atoms with Crippen LogP contribution < -0.4 is 0 Å². The van der Waals surface area contributed by atoms with Gasteiger partial charge in [0.2, 0.25) is 0 Å². The van der Waals surface area contributed by atoms with E-state index in [0.717, 1.165) is 35.6 Å². The van der Waals surface area contributed by atoms with Crippen LogP contribution in [0.15, 0.2) is 110 Å². The van der Waals surface area contributed by atoms with Crippen LogP contribution in [-0.2, 0) is 12.8 Å². The molecule has 4 heterocycles. The number of benzene rings is 2. The van der Waals surface area contributed by atoms with E-state index >= 15 is 0 Å². The van der Waals surface area contributed by atoms with Crippen molar-refractivity contribution in [2.45, 2.75) is 77.0 Å². The van der Waals surface area contributed by atoms with Crippen LogP contribution in [0.25, 0.3) is 33.5 Å². The second-order valence-electron chi connectivity index (χ2n) is 16.9. The molecule has 6 aliphatic rings. The Balaban J connectivity index is 0.978. The number of aromatic nitrogens is 4. The van der Waals surface area contributed by atoms with Gasteiger partial charge in [-0.05, 0) is 153 Å². The Morgan fingerprint density at radius 1 is 0.500 bits per heavy atom. The minimum absolute atomic E-state index is 0.298. The van der Waals surface area contributed by atoms with E-state index in [9.17, 15) is 0 Å². The summed E-state index contributed by atoms with van der Waals surface area (Å²) in [7, 11) is 0. The standard InChI is InChI=1S/C46H44N4/c1-45(2)37-23-39(45)35-25-49-43(41-9-5-7-15-47-41)21-31(35)33(37)19-27-11-13-29-14-12-28(18-30(29)17-27)20-34-32-22-44(42-10-6-8-16-48-42)50-26-36(32)40-24-38(34)46(40,3)4/h5-18,21-22,25-26,33-34,37-40H,19-20,23-24H2,1-4H3/t33-,34-,37-,38-,39+,40+/m1/s1. The highest BCUT2D eigenvalue weighted by Crippen LogP contribution is 2.68.